The van der Waals surface area contributed by atoms with Crippen molar-refractivity contribution in [3.63, 3.8) is 0 Å². The van der Waals surface area contributed by atoms with Crippen LogP contribution in [0.25, 0.3) is 0 Å². The Balaban J connectivity index is 2.35. The van der Waals surface area contributed by atoms with Gasteiger partial charge in [0.05, 0.1) is 10.7 Å². The fourth-order valence-electron chi connectivity index (χ4n) is 1.84. The van der Waals surface area contributed by atoms with E-state index < -0.39 is 5.82 Å². The summed E-state index contributed by atoms with van der Waals surface area (Å²) in [6.07, 6.45) is 0.358. The van der Waals surface area contributed by atoms with Gasteiger partial charge in [-0.2, -0.15) is 0 Å². The molecule has 0 spiro atoms. The van der Waals surface area contributed by atoms with Gasteiger partial charge in [0.2, 0.25) is 5.91 Å². The van der Waals surface area contributed by atoms with Crippen LogP contribution in [0.1, 0.15) is 6.42 Å². The first-order chi connectivity index (χ1) is 8.04. The van der Waals surface area contributed by atoms with Gasteiger partial charge in [-0.15, -0.1) is 11.6 Å². The normalized spacial score (nSPS) is 20.1. The lowest BCUT2D eigenvalue weighted by Gasteiger charge is -2.18. The third-order valence-electron chi connectivity index (χ3n) is 2.73. The van der Waals surface area contributed by atoms with Crippen molar-refractivity contribution in [1.29, 1.82) is 0 Å². The second-order valence-electron chi connectivity index (χ2n) is 3.92. The van der Waals surface area contributed by atoms with Crippen LogP contribution in [0.3, 0.4) is 0 Å². The molecule has 1 amide bonds. The van der Waals surface area contributed by atoms with E-state index in [4.69, 9.17) is 23.2 Å². The van der Waals surface area contributed by atoms with Gasteiger partial charge in [-0.1, -0.05) is 11.6 Å². The van der Waals surface area contributed by atoms with Gasteiger partial charge in [0.1, 0.15) is 0 Å². The Hall–Kier alpha value is -0.320. The van der Waals surface area contributed by atoms with Crippen molar-refractivity contribution in [3.8, 4) is 0 Å². The first-order valence-electron chi connectivity index (χ1n) is 5.04. The van der Waals surface area contributed by atoms with Gasteiger partial charge in [-0.25, -0.2) is 4.39 Å². The molecule has 1 aromatic rings. The number of halogens is 4. The van der Waals surface area contributed by atoms with E-state index in [9.17, 15) is 9.18 Å². The van der Waals surface area contributed by atoms with Crippen LogP contribution in [-0.4, -0.2) is 18.3 Å². The average Bonchev–Trinajstić information content (AvgIpc) is 2.68. The van der Waals surface area contributed by atoms with Crippen molar-refractivity contribution in [3.05, 3.63) is 27.4 Å². The number of nitrogens with zero attached hydrogens (tertiary/aromatic N) is 1. The fourth-order valence-corrected chi connectivity index (χ4v) is 2.51. The lowest BCUT2D eigenvalue weighted by molar-refractivity contribution is -0.117. The van der Waals surface area contributed by atoms with Crippen molar-refractivity contribution < 1.29 is 9.18 Å². The minimum Gasteiger partial charge on any atom is -0.309 e. The van der Waals surface area contributed by atoms with Crippen LogP contribution in [0.15, 0.2) is 16.6 Å². The predicted molar refractivity (Wildman–Crippen MR) is 70.3 cm³/mol. The number of rotatable bonds is 2. The summed E-state index contributed by atoms with van der Waals surface area (Å²) < 4.78 is 14.4. The highest BCUT2D eigenvalue weighted by atomic mass is 79.9. The van der Waals surface area contributed by atoms with E-state index in [2.05, 4.69) is 15.9 Å². The quantitative estimate of drug-likeness (QED) is 0.591. The van der Waals surface area contributed by atoms with Crippen LogP contribution in [0.2, 0.25) is 5.02 Å². The number of carbonyl (C=O) groups is 1. The molecule has 0 bridgehead atoms. The zero-order valence-corrected chi connectivity index (χ0v) is 11.8. The van der Waals surface area contributed by atoms with Gasteiger partial charge < -0.3 is 4.90 Å². The van der Waals surface area contributed by atoms with E-state index >= 15 is 0 Å². The van der Waals surface area contributed by atoms with Gasteiger partial charge >= 0.3 is 0 Å². The van der Waals surface area contributed by atoms with Gasteiger partial charge in [-0.05, 0) is 34.0 Å². The Bertz CT molecular complexity index is 469. The summed E-state index contributed by atoms with van der Waals surface area (Å²) in [5, 5.41) is -0.00961. The van der Waals surface area contributed by atoms with Crippen LogP contribution in [0.5, 0.6) is 0 Å². The summed E-state index contributed by atoms with van der Waals surface area (Å²) in [5.41, 5.74) is 0.218. The lowest BCUT2D eigenvalue weighted by atomic mass is 10.1. The topological polar surface area (TPSA) is 20.3 Å². The molecule has 6 heteroatoms. The highest BCUT2D eigenvalue weighted by Gasteiger charge is 2.32. The van der Waals surface area contributed by atoms with Gasteiger partial charge in [0.25, 0.3) is 0 Å². The molecule has 92 valence electrons. The highest BCUT2D eigenvalue weighted by Crippen LogP contribution is 2.35. The number of alkyl halides is 1. The Kier molecular flexibility index (Phi) is 3.95. The second kappa shape index (κ2) is 5.12. The van der Waals surface area contributed by atoms with Crippen molar-refractivity contribution in [2.75, 3.05) is 17.3 Å². The number of anilines is 1. The molecule has 1 saturated heterocycles. The smallest absolute Gasteiger partial charge is 0.227 e. The first kappa shape index (κ1) is 13.1. The van der Waals surface area contributed by atoms with Crippen molar-refractivity contribution in [2.24, 2.45) is 5.92 Å². The Morgan fingerprint density at radius 3 is 2.82 bits per heavy atom. The Labute approximate surface area is 117 Å². The summed E-state index contributed by atoms with van der Waals surface area (Å²) in [4.78, 5) is 13.1. The monoisotopic (exact) mass is 339 g/mol. The molecule has 1 aromatic carbocycles. The summed E-state index contributed by atoms with van der Waals surface area (Å²) in [5.74, 6) is -0.225. The highest BCUT2D eigenvalue weighted by molar-refractivity contribution is 9.10. The van der Waals surface area contributed by atoms with Gasteiger partial charge in [0.15, 0.2) is 5.82 Å². The molecule has 1 aliphatic heterocycles. The summed E-state index contributed by atoms with van der Waals surface area (Å²) in [6, 6.07) is 3.17. The van der Waals surface area contributed by atoms with E-state index in [1.165, 1.54) is 4.90 Å². The van der Waals surface area contributed by atoms with Crippen LogP contribution < -0.4 is 4.90 Å². The van der Waals surface area contributed by atoms with E-state index in [-0.39, 0.29) is 22.5 Å². The number of carbonyl (C=O) groups excluding carboxylic acids is 1. The van der Waals surface area contributed by atoms with Crippen LogP contribution in [-0.2, 0) is 4.79 Å². The predicted octanol–water partition coefficient (Wildman–Crippen LogP) is 3.83. The minimum absolute atomic E-state index is 0.00961. The molecule has 1 atom stereocenters. The maximum absolute atomic E-state index is 13.9. The standard InChI is InChI=1S/C11H9BrCl2FNO/c12-7-1-2-8(11(15)10(7)14)16-5-6(4-13)3-9(16)17/h1-2,6H,3-5H2. The first-order valence-corrected chi connectivity index (χ1v) is 6.75. The summed E-state index contributed by atoms with van der Waals surface area (Å²) in [6.45, 7) is 0.442. The molecule has 17 heavy (non-hydrogen) atoms. The minimum atomic E-state index is -0.579. The van der Waals surface area contributed by atoms with Crippen LogP contribution >= 0.6 is 39.1 Å². The van der Waals surface area contributed by atoms with Gasteiger partial charge in [-0.3, -0.25) is 4.79 Å². The molecule has 1 unspecified atom stereocenters. The third-order valence-corrected chi connectivity index (χ3v) is 4.42. The molecule has 0 aromatic heterocycles. The average molecular weight is 341 g/mol. The van der Waals surface area contributed by atoms with E-state index in [0.717, 1.165) is 0 Å². The maximum Gasteiger partial charge on any atom is 0.227 e. The summed E-state index contributed by atoms with van der Waals surface area (Å²) >= 11 is 14.6. The van der Waals surface area contributed by atoms with Crippen molar-refractivity contribution in [1.82, 2.24) is 0 Å². The molecule has 0 saturated carbocycles. The molecule has 2 nitrogen and oxygen atoms in total. The number of hydrogen-bond donors (Lipinski definition) is 0. The number of amides is 1. The molecule has 0 radical (unpaired) electrons. The third kappa shape index (κ3) is 2.44. The number of benzene rings is 1. The van der Waals surface area contributed by atoms with E-state index in [1.807, 2.05) is 0 Å². The van der Waals surface area contributed by atoms with Gasteiger partial charge in [0, 0.05) is 23.3 Å². The molecule has 1 fully saturated rings. The lowest BCUT2D eigenvalue weighted by Crippen LogP contribution is -2.25. The van der Waals surface area contributed by atoms with Crippen molar-refractivity contribution in [2.45, 2.75) is 6.42 Å². The van der Waals surface area contributed by atoms with Crippen LogP contribution in [0.4, 0.5) is 10.1 Å². The second-order valence-corrected chi connectivity index (χ2v) is 5.46. The molecular formula is C11H9BrCl2FNO. The molecule has 2 rings (SSSR count). The fraction of sp³-hybridized carbons (Fsp3) is 0.364. The SMILES string of the molecule is O=C1CC(CCl)CN1c1ccc(Br)c(Cl)c1F. The number of hydrogen-bond acceptors (Lipinski definition) is 1. The maximum atomic E-state index is 13.9. The molecular weight excluding hydrogens is 332 g/mol. The summed E-state index contributed by atoms with van der Waals surface area (Å²) in [7, 11) is 0. The molecule has 1 aliphatic rings. The van der Waals surface area contributed by atoms with Crippen LogP contribution in [0, 0.1) is 11.7 Å². The van der Waals surface area contributed by atoms with E-state index in [0.29, 0.717) is 23.3 Å². The molecule has 1 heterocycles. The Morgan fingerprint density at radius 1 is 1.53 bits per heavy atom. The molecule has 0 aliphatic carbocycles. The van der Waals surface area contributed by atoms with E-state index in [1.54, 1.807) is 12.1 Å². The Morgan fingerprint density at radius 2 is 2.24 bits per heavy atom. The zero-order valence-electron chi connectivity index (χ0n) is 8.72. The molecule has 0 N–H and O–H groups in total. The van der Waals surface area contributed by atoms with Crippen molar-refractivity contribution >= 4 is 50.7 Å². The zero-order chi connectivity index (χ0) is 12.6. The largest absolute Gasteiger partial charge is 0.309 e.